The van der Waals surface area contributed by atoms with Gasteiger partial charge in [0.1, 0.15) is 11.5 Å². The predicted molar refractivity (Wildman–Crippen MR) is 107 cm³/mol. The van der Waals surface area contributed by atoms with Crippen molar-refractivity contribution in [2.24, 2.45) is 0 Å². The van der Waals surface area contributed by atoms with Crippen LogP contribution in [-0.4, -0.2) is 38.5 Å². The summed E-state index contributed by atoms with van der Waals surface area (Å²) in [5.74, 6) is -0.905. The highest BCUT2D eigenvalue weighted by atomic mass is 19.4. The molecule has 0 aromatic carbocycles. The fraction of sp³-hybridized carbons (Fsp3) is 0.316. The average molecular weight is 436 g/mol. The number of halogens is 3. The molecule has 3 aromatic rings. The molecule has 3 aromatic heterocycles. The molecule has 3 N–H and O–H groups in total. The monoisotopic (exact) mass is 436 g/mol. The number of H-pyrrole nitrogens is 1. The SMILES string of the molecule is CCCn1c(=O)[nH]c(=O)c2cc(C(=O)NCCNc3ncccc3C(F)(F)F)cnc21. The highest BCUT2D eigenvalue weighted by Gasteiger charge is 2.33. The number of alkyl halides is 3. The van der Waals surface area contributed by atoms with Gasteiger partial charge in [0.25, 0.3) is 11.5 Å². The molecule has 0 saturated heterocycles. The molecule has 3 heterocycles. The topological polar surface area (TPSA) is 122 Å². The summed E-state index contributed by atoms with van der Waals surface area (Å²) < 4.78 is 40.2. The van der Waals surface area contributed by atoms with Crippen LogP contribution in [0.1, 0.15) is 29.3 Å². The lowest BCUT2D eigenvalue weighted by atomic mass is 10.2. The van der Waals surface area contributed by atoms with E-state index in [9.17, 15) is 27.6 Å². The van der Waals surface area contributed by atoms with Crippen molar-refractivity contribution in [2.45, 2.75) is 26.1 Å². The number of amides is 1. The number of carbonyl (C=O) groups excluding carboxylic acids is 1. The van der Waals surface area contributed by atoms with E-state index < -0.39 is 28.9 Å². The highest BCUT2D eigenvalue weighted by molar-refractivity contribution is 5.96. The third kappa shape index (κ3) is 4.90. The van der Waals surface area contributed by atoms with Gasteiger partial charge in [-0.2, -0.15) is 13.2 Å². The van der Waals surface area contributed by atoms with Gasteiger partial charge in [-0.1, -0.05) is 6.92 Å². The zero-order valence-corrected chi connectivity index (χ0v) is 16.4. The minimum atomic E-state index is -4.55. The smallest absolute Gasteiger partial charge is 0.368 e. The van der Waals surface area contributed by atoms with Crippen LogP contribution in [0.15, 0.2) is 40.2 Å². The van der Waals surface area contributed by atoms with Gasteiger partial charge < -0.3 is 10.6 Å². The van der Waals surface area contributed by atoms with Crippen LogP contribution in [0.2, 0.25) is 0 Å². The third-order valence-corrected chi connectivity index (χ3v) is 4.36. The molecule has 0 spiro atoms. The van der Waals surface area contributed by atoms with Gasteiger partial charge >= 0.3 is 11.9 Å². The Kier molecular flexibility index (Phi) is 6.37. The summed E-state index contributed by atoms with van der Waals surface area (Å²) in [6, 6.07) is 3.41. The van der Waals surface area contributed by atoms with Crippen LogP contribution in [0.3, 0.4) is 0 Å². The molecule has 0 aliphatic carbocycles. The van der Waals surface area contributed by atoms with E-state index in [1.165, 1.54) is 29.1 Å². The van der Waals surface area contributed by atoms with E-state index in [0.717, 1.165) is 6.07 Å². The second-order valence-corrected chi connectivity index (χ2v) is 6.59. The van der Waals surface area contributed by atoms with Crippen molar-refractivity contribution in [3.8, 4) is 0 Å². The standard InChI is InChI=1S/C19H19F3N6O3/c1-2-8-28-15-12(17(30)27-18(28)31)9-11(10-26-15)16(29)25-7-6-24-14-13(19(20,21)22)4-3-5-23-14/h3-5,9-10H,2,6-8H2,1H3,(H,23,24)(H,25,29)(H,27,30,31). The molecule has 9 nitrogen and oxygen atoms in total. The van der Waals surface area contributed by atoms with Crippen molar-refractivity contribution in [3.63, 3.8) is 0 Å². The summed E-state index contributed by atoms with van der Waals surface area (Å²) in [7, 11) is 0. The molecule has 0 bridgehead atoms. The van der Waals surface area contributed by atoms with Gasteiger partial charge in [0, 0.05) is 32.0 Å². The zero-order valence-electron chi connectivity index (χ0n) is 16.4. The number of nitrogens with one attached hydrogen (secondary N) is 3. The Labute approximate surface area is 173 Å². The van der Waals surface area contributed by atoms with Gasteiger partial charge in [-0.05, 0) is 24.6 Å². The second-order valence-electron chi connectivity index (χ2n) is 6.59. The normalized spacial score (nSPS) is 11.5. The molecular weight excluding hydrogens is 417 g/mol. The zero-order chi connectivity index (χ0) is 22.6. The lowest BCUT2D eigenvalue weighted by Gasteiger charge is -2.13. The Bertz CT molecular complexity index is 1220. The fourth-order valence-electron chi connectivity index (χ4n) is 2.96. The van der Waals surface area contributed by atoms with Gasteiger partial charge in [-0.3, -0.25) is 19.1 Å². The number of fused-ring (bicyclic) bond motifs is 1. The first-order chi connectivity index (χ1) is 14.7. The minimum absolute atomic E-state index is 0.00354. The minimum Gasteiger partial charge on any atom is -0.368 e. The van der Waals surface area contributed by atoms with E-state index in [4.69, 9.17) is 0 Å². The maximum atomic E-state index is 13.0. The largest absolute Gasteiger partial charge is 0.419 e. The molecule has 0 radical (unpaired) electrons. The molecule has 0 fully saturated rings. The molecular formula is C19H19F3N6O3. The average Bonchev–Trinajstić information content (AvgIpc) is 2.73. The number of pyridine rings is 2. The summed E-state index contributed by atoms with van der Waals surface area (Å²) in [5, 5.41) is 5.16. The second kappa shape index (κ2) is 8.98. The molecule has 0 aliphatic heterocycles. The maximum absolute atomic E-state index is 13.0. The molecule has 3 rings (SSSR count). The van der Waals surface area contributed by atoms with Crippen LogP contribution < -0.4 is 21.9 Å². The number of anilines is 1. The summed E-state index contributed by atoms with van der Waals surface area (Å²) in [5.41, 5.74) is -1.90. The van der Waals surface area contributed by atoms with Gasteiger partial charge in [0.2, 0.25) is 0 Å². The van der Waals surface area contributed by atoms with Gasteiger partial charge in [-0.15, -0.1) is 0 Å². The van der Waals surface area contributed by atoms with Crippen LogP contribution in [0, 0.1) is 0 Å². The first-order valence-electron chi connectivity index (χ1n) is 9.39. The number of hydrogen-bond donors (Lipinski definition) is 3. The van der Waals surface area contributed by atoms with Crippen molar-refractivity contribution in [1.29, 1.82) is 0 Å². The summed E-state index contributed by atoms with van der Waals surface area (Å²) in [6.07, 6.45) is -1.45. The Morgan fingerprint density at radius 3 is 2.71 bits per heavy atom. The molecule has 1 amide bonds. The highest BCUT2D eigenvalue weighted by Crippen LogP contribution is 2.33. The number of aromatic nitrogens is 4. The Morgan fingerprint density at radius 2 is 2.00 bits per heavy atom. The molecule has 0 aliphatic rings. The quantitative estimate of drug-likeness (QED) is 0.485. The molecule has 0 saturated carbocycles. The Balaban J connectivity index is 1.69. The van der Waals surface area contributed by atoms with Crippen LogP contribution in [0.25, 0.3) is 11.0 Å². The van der Waals surface area contributed by atoms with Crippen LogP contribution in [-0.2, 0) is 12.7 Å². The number of hydrogen-bond acceptors (Lipinski definition) is 6. The van der Waals surface area contributed by atoms with Gasteiger partial charge in [0.05, 0.1) is 16.5 Å². The van der Waals surface area contributed by atoms with Crippen molar-refractivity contribution in [1.82, 2.24) is 24.8 Å². The number of aromatic amines is 1. The number of aryl methyl sites for hydroxylation is 1. The first-order valence-corrected chi connectivity index (χ1v) is 9.39. The predicted octanol–water partition coefficient (Wildman–Crippen LogP) is 1.75. The Morgan fingerprint density at radius 1 is 1.23 bits per heavy atom. The molecule has 0 unspecified atom stereocenters. The van der Waals surface area contributed by atoms with Crippen molar-refractivity contribution in [3.05, 3.63) is 62.6 Å². The van der Waals surface area contributed by atoms with Crippen LogP contribution in [0.5, 0.6) is 0 Å². The van der Waals surface area contributed by atoms with E-state index in [0.29, 0.717) is 13.0 Å². The molecule has 31 heavy (non-hydrogen) atoms. The van der Waals surface area contributed by atoms with Crippen LogP contribution in [0.4, 0.5) is 19.0 Å². The summed E-state index contributed by atoms with van der Waals surface area (Å²) in [6.45, 7) is 2.20. The third-order valence-electron chi connectivity index (χ3n) is 4.36. The van der Waals surface area contributed by atoms with Gasteiger partial charge in [-0.25, -0.2) is 14.8 Å². The number of rotatable bonds is 7. The molecule has 0 atom stereocenters. The number of nitrogens with zero attached hydrogens (tertiary/aromatic N) is 3. The maximum Gasteiger partial charge on any atom is 0.419 e. The summed E-state index contributed by atoms with van der Waals surface area (Å²) >= 11 is 0. The van der Waals surface area contributed by atoms with Crippen molar-refractivity contribution >= 4 is 22.8 Å². The van der Waals surface area contributed by atoms with E-state index in [-0.39, 0.29) is 35.5 Å². The Hall–Kier alpha value is -3.70. The lowest BCUT2D eigenvalue weighted by molar-refractivity contribution is -0.137. The number of carbonyl (C=O) groups is 1. The van der Waals surface area contributed by atoms with E-state index >= 15 is 0 Å². The van der Waals surface area contributed by atoms with E-state index in [1.54, 1.807) is 0 Å². The van der Waals surface area contributed by atoms with Crippen molar-refractivity contribution < 1.29 is 18.0 Å². The fourth-order valence-corrected chi connectivity index (χ4v) is 2.96. The first kappa shape index (κ1) is 22.0. The van der Waals surface area contributed by atoms with E-state index in [2.05, 4.69) is 25.6 Å². The molecule has 12 heteroatoms. The lowest BCUT2D eigenvalue weighted by Crippen LogP contribution is -2.32. The molecule has 164 valence electrons. The van der Waals surface area contributed by atoms with E-state index in [1.807, 2.05) is 6.92 Å². The summed E-state index contributed by atoms with van der Waals surface area (Å²) in [4.78, 5) is 46.4. The van der Waals surface area contributed by atoms with Crippen LogP contribution >= 0.6 is 0 Å². The van der Waals surface area contributed by atoms with Crippen molar-refractivity contribution in [2.75, 3.05) is 18.4 Å². The van der Waals surface area contributed by atoms with Gasteiger partial charge in [0.15, 0.2) is 0 Å².